The van der Waals surface area contributed by atoms with Crippen LogP contribution in [0.25, 0.3) is 0 Å². The molecule has 184 valence electrons. The molecule has 4 fully saturated rings. The third-order valence-corrected chi connectivity index (χ3v) is 6.78. The Morgan fingerprint density at radius 3 is 1.25 bits per heavy atom. The van der Waals surface area contributed by atoms with E-state index in [0.29, 0.717) is 0 Å². The largest absolute Gasteiger partial charge is 0.444 e. The molecule has 4 aliphatic heterocycles. The zero-order chi connectivity index (χ0) is 23.8. The van der Waals surface area contributed by atoms with E-state index >= 15 is 0 Å². The Hall–Kier alpha value is -1.54. The highest BCUT2D eigenvalue weighted by Crippen LogP contribution is 2.37. The van der Waals surface area contributed by atoms with Gasteiger partial charge in [0, 0.05) is 12.1 Å². The first-order valence-corrected chi connectivity index (χ1v) is 12.2. The highest BCUT2D eigenvalue weighted by molar-refractivity contribution is 5.70. The molecule has 4 aliphatic rings. The Bertz CT molecular complexity index is 627. The van der Waals surface area contributed by atoms with Crippen LogP contribution in [0.1, 0.15) is 92.9 Å². The summed E-state index contributed by atoms with van der Waals surface area (Å²) < 4.78 is 10.8. The van der Waals surface area contributed by atoms with Gasteiger partial charge in [-0.15, -0.1) is 0 Å². The first-order valence-electron chi connectivity index (χ1n) is 12.2. The van der Waals surface area contributed by atoms with Crippen LogP contribution in [0.4, 0.5) is 9.59 Å². The van der Waals surface area contributed by atoms with Crippen molar-refractivity contribution >= 4 is 12.2 Å². The number of hydrogen-bond acceptors (Lipinski definition) is 6. The maximum absolute atomic E-state index is 12.0. The third-order valence-electron chi connectivity index (χ3n) is 6.78. The van der Waals surface area contributed by atoms with Crippen LogP contribution in [0.15, 0.2) is 0 Å². The summed E-state index contributed by atoms with van der Waals surface area (Å²) in [5.74, 6) is 0. The molecule has 0 aromatic rings. The van der Waals surface area contributed by atoms with Crippen LogP contribution in [0.2, 0.25) is 0 Å². The summed E-state index contributed by atoms with van der Waals surface area (Å²) in [4.78, 5) is 27.6. The lowest BCUT2D eigenvalue weighted by Gasteiger charge is -2.38. The Balaban J connectivity index is 0.000000181. The summed E-state index contributed by atoms with van der Waals surface area (Å²) in [6, 6.07) is 0.522. The first kappa shape index (κ1) is 25.1. The van der Waals surface area contributed by atoms with Crippen molar-refractivity contribution in [2.75, 3.05) is 0 Å². The predicted octanol–water partition coefficient (Wildman–Crippen LogP) is 3.82. The van der Waals surface area contributed by atoms with Crippen LogP contribution in [0.5, 0.6) is 0 Å². The summed E-state index contributed by atoms with van der Waals surface area (Å²) in [6.07, 6.45) is 5.98. The number of carbonyl (C=O) groups is 2. The maximum Gasteiger partial charge on any atom is 0.410 e. The highest BCUT2D eigenvalue weighted by atomic mass is 16.6. The summed E-state index contributed by atoms with van der Waals surface area (Å²) in [6.45, 7) is 11.2. The van der Waals surface area contributed by atoms with E-state index in [1.165, 1.54) is 0 Å². The van der Waals surface area contributed by atoms with E-state index < -0.39 is 11.2 Å². The SMILES string of the molecule is CC(C)(C)OC(=O)N1[C@@H]2CC[C@H](O)[C@@H]1CC2.CC(C)(C)OC(=O)N1[C@H]2CC[C@@H](O)[C@H]1CC2. The van der Waals surface area contributed by atoms with E-state index in [1.54, 1.807) is 9.80 Å². The molecule has 8 nitrogen and oxygen atoms in total. The fraction of sp³-hybridized carbons (Fsp3) is 0.917. The van der Waals surface area contributed by atoms with Gasteiger partial charge in [0.1, 0.15) is 11.2 Å². The zero-order valence-electron chi connectivity index (χ0n) is 20.5. The topological polar surface area (TPSA) is 99.5 Å². The third kappa shape index (κ3) is 5.87. The van der Waals surface area contributed by atoms with Crippen LogP contribution in [0, 0.1) is 0 Å². The van der Waals surface area contributed by atoms with Crippen LogP contribution in [-0.4, -0.2) is 79.8 Å². The average Bonchev–Trinajstić information content (AvgIpc) is 3.16. The Labute approximate surface area is 192 Å². The molecule has 4 saturated heterocycles. The number of hydrogen-bond donors (Lipinski definition) is 2. The summed E-state index contributed by atoms with van der Waals surface area (Å²) in [5, 5.41) is 19.7. The maximum atomic E-state index is 12.0. The van der Waals surface area contributed by atoms with Gasteiger partial charge in [-0.25, -0.2) is 9.59 Å². The van der Waals surface area contributed by atoms with E-state index in [4.69, 9.17) is 9.47 Å². The minimum absolute atomic E-state index is 0.0198. The predicted molar refractivity (Wildman–Crippen MR) is 120 cm³/mol. The van der Waals surface area contributed by atoms with Gasteiger partial charge < -0.3 is 19.7 Å². The molecule has 0 saturated carbocycles. The summed E-state index contributed by atoms with van der Waals surface area (Å²) >= 11 is 0. The number of nitrogens with zero attached hydrogens (tertiary/aromatic N) is 2. The van der Waals surface area contributed by atoms with Gasteiger partial charge in [0.05, 0.1) is 24.3 Å². The minimum Gasteiger partial charge on any atom is -0.444 e. The molecule has 0 radical (unpaired) electrons. The van der Waals surface area contributed by atoms with E-state index in [0.717, 1.165) is 51.4 Å². The zero-order valence-corrected chi connectivity index (χ0v) is 20.5. The van der Waals surface area contributed by atoms with Crippen LogP contribution < -0.4 is 0 Å². The number of aliphatic hydroxyl groups is 2. The second kappa shape index (κ2) is 9.37. The second-order valence-corrected chi connectivity index (χ2v) is 11.7. The monoisotopic (exact) mass is 454 g/mol. The molecule has 2 N–H and O–H groups in total. The van der Waals surface area contributed by atoms with E-state index in [1.807, 2.05) is 41.5 Å². The molecule has 6 atom stereocenters. The van der Waals surface area contributed by atoms with Crippen molar-refractivity contribution < 1.29 is 29.3 Å². The Kier molecular flexibility index (Phi) is 7.35. The van der Waals surface area contributed by atoms with Crippen molar-refractivity contribution in [2.24, 2.45) is 0 Å². The minimum atomic E-state index is -0.459. The molecule has 32 heavy (non-hydrogen) atoms. The fourth-order valence-corrected chi connectivity index (χ4v) is 5.46. The van der Waals surface area contributed by atoms with Crippen molar-refractivity contribution in [3.63, 3.8) is 0 Å². The molecule has 4 rings (SSSR count). The van der Waals surface area contributed by atoms with Gasteiger partial charge in [-0.05, 0) is 92.9 Å². The van der Waals surface area contributed by atoms with Crippen molar-refractivity contribution in [1.82, 2.24) is 9.80 Å². The van der Waals surface area contributed by atoms with Gasteiger partial charge in [0.15, 0.2) is 0 Å². The lowest BCUT2D eigenvalue weighted by molar-refractivity contribution is -0.0225. The highest BCUT2D eigenvalue weighted by Gasteiger charge is 2.46. The number of piperidine rings is 2. The number of ether oxygens (including phenoxy) is 2. The summed E-state index contributed by atoms with van der Waals surface area (Å²) in [7, 11) is 0. The van der Waals surface area contributed by atoms with Gasteiger partial charge in [-0.3, -0.25) is 9.80 Å². The van der Waals surface area contributed by atoms with E-state index in [2.05, 4.69) is 0 Å². The van der Waals surface area contributed by atoms with Crippen LogP contribution in [-0.2, 0) is 9.47 Å². The number of amides is 2. The molecule has 8 heteroatoms. The van der Waals surface area contributed by atoms with Crippen molar-refractivity contribution in [3.8, 4) is 0 Å². The normalized spacial score (nSPS) is 34.0. The average molecular weight is 455 g/mol. The molecule has 0 spiro atoms. The van der Waals surface area contributed by atoms with E-state index in [-0.39, 0.29) is 48.6 Å². The molecule has 0 unspecified atom stereocenters. The summed E-state index contributed by atoms with van der Waals surface area (Å²) in [5.41, 5.74) is -0.919. The number of rotatable bonds is 0. The quantitative estimate of drug-likeness (QED) is 0.577. The lowest BCUT2D eigenvalue weighted by Crippen LogP contribution is -2.51. The van der Waals surface area contributed by atoms with E-state index in [9.17, 15) is 19.8 Å². The number of carbonyl (C=O) groups excluding carboxylic acids is 2. The lowest BCUT2D eigenvalue weighted by atomic mass is 10.0. The van der Waals surface area contributed by atoms with Gasteiger partial charge in [0.2, 0.25) is 0 Å². The molecule has 0 aromatic carbocycles. The molecular weight excluding hydrogens is 412 g/mol. The molecule has 4 heterocycles. The number of aliphatic hydroxyl groups excluding tert-OH is 2. The second-order valence-electron chi connectivity index (χ2n) is 11.7. The smallest absolute Gasteiger partial charge is 0.410 e. The first-order chi connectivity index (χ1) is 14.8. The van der Waals surface area contributed by atoms with Gasteiger partial charge >= 0.3 is 12.2 Å². The number of fused-ring (bicyclic) bond motifs is 4. The Morgan fingerprint density at radius 1 is 0.625 bits per heavy atom. The van der Waals surface area contributed by atoms with Crippen molar-refractivity contribution in [3.05, 3.63) is 0 Å². The van der Waals surface area contributed by atoms with Gasteiger partial charge in [-0.2, -0.15) is 0 Å². The van der Waals surface area contributed by atoms with Crippen LogP contribution >= 0.6 is 0 Å². The molecule has 0 aromatic heterocycles. The van der Waals surface area contributed by atoms with Crippen LogP contribution in [0.3, 0.4) is 0 Å². The molecule has 0 aliphatic carbocycles. The van der Waals surface area contributed by atoms with Crippen molar-refractivity contribution in [1.29, 1.82) is 0 Å². The standard InChI is InChI=1S/2C12H21NO3/c2*1-12(2,3)16-11(15)13-8-4-6-9(13)10(14)7-5-8/h2*8-10,14H,4-7H2,1-3H3/t2*8-,9-,10-/m10/s1. The molecular formula is C24H42N2O6. The molecule has 4 bridgehead atoms. The fourth-order valence-electron chi connectivity index (χ4n) is 5.46. The Morgan fingerprint density at radius 2 is 0.938 bits per heavy atom. The molecule has 2 amide bonds. The van der Waals surface area contributed by atoms with Crippen molar-refractivity contribution in [2.45, 2.75) is 140 Å². The van der Waals surface area contributed by atoms with Gasteiger partial charge in [0.25, 0.3) is 0 Å². The van der Waals surface area contributed by atoms with Gasteiger partial charge in [-0.1, -0.05) is 0 Å².